The summed E-state index contributed by atoms with van der Waals surface area (Å²) in [5, 5.41) is 33.4. The second-order valence-corrected chi connectivity index (χ2v) is 36.9. The molecule has 0 bridgehead atoms. The highest BCUT2D eigenvalue weighted by molar-refractivity contribution is 6.29. The van der Waals surface area contributed by atoms with E-state index >= 15 is 0 Å². The van der Waals surface area contributed by atoms with Crippen LogP contribution in [-0.4, -0.2) is 0 Å². The van der Waals surface area contributed by atoms with Crippen LogP contribution in [0.25, 0.3) is 274 Å². The van der Waals surface area contributed by atoms with Gasteiger partial charge in [-0.2, -0.15) is 0 Å². The number of hydrogen-bond acceptors (Lipinski definition) is 0. The van der Waals surface area contributed by atoms with Crippen LogP contribution in [0.15, 0.2) is 546 Å². The predicted molar refractivity (Wildman–Crippen MR) is 603 cm³/mol. The summed E-state index contributed by atoms with van der Waals surface area (Å²) in [7, 11) is 0. The van der Waals surface area contributed by atoms with Gasteiger partial charge >= 0.3 is 0 Å². The minimum atomic E-state index is 1.23. The van der Waals surface area contributed by atoms with Gasteiger partial charge in [0.25, 0.3) is 0 Å². The zero-order chi connectivity index (χ0) is 92.5. The fraction of sp³-hybridized carbons (Fsp3) is 0. The third-order valence-electron chi connectivity index (χ3n) is 29.1. The molecule has 650 valence electrons. The van der Waals surface area contributed by atoms with E-state index in [0.29, 0.717) is 0 Å². The minimum Gasteiger partial charge on any atom is -0.0622 e. The molecule has 28 rings (SSSR count). The first kappa shape index (κ1) is 82.5. The van der Waals surface area contributed by atoms with Crippen LogP contribution >= 0.6 is 0 Å². The molecule has 0 fully saturated rings. The fourth-order valence-corrected chi connectivity index (χ4v) is 22.8. The zero-order valence-corrected chi connectivity index (χ0v) is 77.0. The van der Waals surface area contributed by atoms with Gasteiger partial charge in [0, 0.05) is 0 Å². The Hall–Kier alpha value is -18.2. The van der Waals surface area contributed by atoms with Crippen LogP contribution in [0.5, 0.6) is 0 Å². The summed E-state index contributed by atoms with van der Waals surface area (Å²) in [5.74, 6) is 0. The molecule has 0 aliphatic rings. The molecule has 0 aliphatic heterocycles. The van der Waals surface area contributed by atoms with Crippen molar-refractivity contribution in [1.82, 2.24) is 0 Å². The van der Waals surface area contributed by atoms with Crippen molar-refractivity contribution in [3.05, 3.63) is 546 Å². The lowest BCUT2D eigenvalue weighted by Gasteiger charge is -2.21. The molecular weight excluding hydrogens is 1680 g/mol. The summed E-state index contributed by atoms with van der Waals surface area (Å²) >= 11 is 0. The lowest BCUT2D eigenvalue weighted by molar-refractivity contribution is 1.61. The highest BCUT2D eigenvalue weighted by Gasteiger charge is 2.25. The molecule has 0 saturated heterocycles. The van der Waals surface area contributed by atoms with Crippen LogP contribution in [-0.2, 0) is 0 Å². The smallest absolute Gasteiger partial charge is 0.00201 e. The first-order chi connectivity index (χ1) is 69.5. The lowest BCUT2D eigenvalue weighted by Crippen LogP contribution is -1.93. The van der Waals surface area contributed by atoms with Crippen molar-refractivity contribution in [2.75, 3.05) is 0 Å². The molecular formula is C140H90. The predicted octanol–water partition coefficient (Wildman–Crippen LogP) is 39.5. The third kappa shape index (κ3) is 14.5. The maximum atomic E-state index is 2.39. The summed E-state index contributed by atoms with van der Waals surface area (Å²) in [6.07, 6.45) is 0. The summed E-state index contributed by atoms with van der Waals surface area (Å²) in [4.78, 5) is 0. The maximum absolute atomic E-state index is 2.39. The average molecular weight is 1770 g/mol. The minimum absolute atomic E-state index is 1.23. The van der Waals surface area contributed by atoms with Crippen molar-refractivity contribution in [2.45, 2.75) is 0 Å². The van der Waals surface area contributed by atoms with Crippen molar-refractivity contribution >= 4 is 140 Å². The van der Waals surface area contributed by atoms with Crippen molar-refractivity contribution in [3.8, 4) is 134 Å². The van der Waals surface area contributed by atoms with Crippen LogP contribution in [0, 0.1) is 0 Å². The van der Waals surface area contributed by atoms with Gasteiger partial charge in [-0.3, -0.25) is 0 Å². The Morgan fingerprint density at radius 1 is 0.0786 bits per heavy atom. The largest absolute Gasteiger partial charge is 0.0622 e. The summed E-state index contributed by atoms with van der Waals surface area (Å²) in [5.41, 5.74) is 30.0. The molecule has 0 nitrogen and oxygen atoms in total. The monoisotopic (exact) mass is 1770 g/mol. The van der Waals surface area contributed by atoms with Crippen LogP contribution in [0.1, 0.15) is 0 Å². The second-order valence-electron chi connectivity index (χ2n) is 36.9. The number of fused-ring (bicyclic) bond motifs is 12. The number of hydrogen-bond donors (Lipinski definition) is 0. The fourth-order valence-electron chi connectivity index (χ4n) is 22.8. The van der Waals surface area contributed by atoms with Crippen molar-refractivity contribution in [1.29, 1.82) is 0 Å². The van der Waals surface area contributed by atoms with Crippen LogP contribution in [0.4, 0.5) is 0 Å². The summed E-state index contributed by atoms with van der Waals surface area (Å²) in [6, 6.07) is 200. The summed E-state index contributed by atoms with van der Waals surface area (Å²) in [6.45, 7) is 0. The molecule has 0 aliphatic carbocycles. The Kier molecular flexibility index (Phi) is 20.8. The van der Waals surface area contributed by atoms with Crippen LogP contribution in [0.2, 0.25) is 0 Å². The standard InChI is InChI=1S/C48H30.2C46H30/c1-2-11-31(12-3-1)32-21-23-35(24-22-32)46-40-17-6-8-19-42(40)48(43-20-9-7-18-41(43)46)39-16-5-4-15-37(39)38-29-27-36-26-25-33-13-10-14-34-28-30-44(38)47(36)45(33)34;1-2-13-31(14-3-1)32-25-27-33(28-26-32)45-40-21-8-10-23-42(40)46(43-24-11-9-22-41(43)45)36-17-12-16-34(29-36)44-30-35-15-4-5-18-37(35)38-19-6-7-20-39(38)44;1-2-12-31(13-3-1)32-22-26-34(27-23-32)45-40-18-8-10-20-42(40)46(43-21-11-9-19-41(43)45)35-28-24-33(25-29-35)44-30-36-14-4-5-15-37(36)38-16-6-7-17-39(38)44/h1-30H;2*1-30H. The molecule has 28 aromatic rings. The molecule has 0 aromatic heterocycles. The Morgan fingerprint density at radius 2 is 0.314 bits per heavy atom. The molecule has 0 N–H and O–H groups in total. The highest BCUT2D eigenvalue weighted by Crippen LogP contribution is 2.52. The van der Waals surface area contributed by atoms with Gasteiger partial charge < -0.3 is 0 Å². The van der Waals surface area contributed by atoms with E-state index in [1.54, 1.807) is 0 Å². The van der Waals surface area contributed by atoms with Gasteiger partial charge in [-0.1, -0.05) is 528 Å². The summed E-state index contributed by atoms with van der Waals surface area (Å²) < 4.78 is 0. The van der Waals surface area contributed by atoms with E-state index in [4.69, 9.17) is 0 Å². The van der Waals surface area contributed by atoms with E-state index in [2.05, 4.69) is 546 Å². The Labute approximate surface area is 813 Å². The zero-order valence-electron chi connectivity index (χ0n) is 77.0. The molecule has 28 aromatic carbocycles. The van der Waals surface area contributed by atoms with E-state index in [0.717, 1.165) is 0 Å². The molecule has 0 atom stereocenters. The van der Waals surface area contributed by atoms with E-state index < -0.39 is 0 Å². The average Bonchev–Trinajstić information content (AvgIpc) is 0.728. The van der Waals surface area contributed by atoms with E-state index in [1.165, 1.54) is 274 Å². The van der Waals surface area contributed by atoms with E-state index in [-0.39, 0.29) is 0 Å². The lowest BCUT2D eigenvalue weighted by atomic mass is 9.82. The van der Waals surface area contributed by atoms with Crippen molar-refractivity contribution in [2.24, 2.45) is 0 Å². The van der Waals surface area contributed by atoms with Crippen LogP contribution < -0.4 is 0 Å². The molecule has 0 saturated carbocycles. The molecule has 0 heteroatoms. The van der Waals surface area contributed by atoms with E-state index in [9.17, 15) is 0 Å². The second kappa shape index (κ2) is 35.2. The van der Waals surface area contributed by atoms with Gasteiger partial charge in [-0.25, -0.2) is 0 Å². The van der Waals surface area contributed by atoms with Gasteiger partial charge in [-0.15, -0.1) is 0 Å². The van der Waals surface area contributed by atoms with Crippen molar-refractivity contribution < 1.29 is 0 Å². The first-order valence-electron chi connectivity index (χ1n) is 48.6. The van der Waals surface area contributed by atoms with Crippen LogP contribution in [0.3, 0.4) is 0 Å². The molecule has 0 radical (unpaired) electrons. The number of rotatable bonds is 12. The number of benzene rings is 28. The quantitative estimate of drug-likeness (QED) is 0.0845. The normalized spacial score (nSPS) is 11.6. The Morgan fingerprint density at radius 3 is 0.693 bits per heavy atom. The molecule has 0 unspecified atom stereocenters. The molecule has 0 amide bonds. The first-order valence-corrected chi connectivity index (χ1v) is 48.6. The van der Waals surface area contributed by atoms with Gasteiger partial charge in [0.1, 0.15) is 0 Å². The highest BCUT2D eigenvalue weighted by atomic mass is 14.3. The topological polar surface area (TPSA) is 0 Å². The van der Waals surface area contributed by atoms with Gasteiger partial charge in [0.05, 0.1) is 0 Å². The molecule has 140 heavy (non-hydrogen) atoms. The SMILES string of the molecule is c1ccc(-c2ccc(-c3c4ccccc4c(-c4ccc(-c5cc6ccccc6c6ccccc56)cc4)c4ccccc34)cc2)cc1.c1ccc(-c2ccc(-c3c4ccccc4c(-c4cccc(-c5cc6ccccc6c6ccccc56)c4)c4ccccc34)cc2)cc1.c1ccc(-c2ccc(-c3c4ccccc4c(-c4ccccc4-c4ccc5ccc6cccc7ccc4c5c67)c4ccccc34)cc2)cc1. The van der Waals surface area contributed by atoms with E-state index in [1.807, 2.05) is 0 Å². The molecule has 0 spiro atoms. The Balaban J connectivity index is 0.000000108. The maximum Gasteiger partial charge on any atom is -0.00201 e. The van der Waals surface area contributed by atoms with Gasteiger partial charge in [0.2, 0.25) is 0 Å². The van der Waals surface area contributed by atoms with Gasteiger partial charge in [0.15, 0.2) is 0 Å². The van der Waals surface area contributed by atoms with Gasteiger partial charge in [-0.05, 0) is 292 Å². The Bertz CT molecular complexity index is 9490. The third-order valence-corrected chi connectivity index (χ3v) is 29.1. The van der Waals surface area contributed by atoms with Crippen molar-refractivity contribution in [3.63, 3.8) is 0 Å². The molecule has 0 heterocycles.